The SMILES string of the molecule is CCCCc1ccc(CCc2ccc3c(F)c(C(F)(F)F)ccc3c2)cc1. The maximum Gasteiger partial charge on any atom is 0.419 e. The molecule has 4 heteroatoms. The van der Waals surface area contributed by atoms with Gasteiger partial charge in [0.25, 0.3) is 0 Å². The van der Waals surface area contributed by atoms with E-state index in [1.54, 1.807) is 12.1 Å². The minimum absolute atomic E-state index is 0.00820. The molecule has 0 radical (unpaired) electrons. The highest BCUT2D eigenvalue weighted by atomic mass is 19.4. The molecule has 27 heavy (non-hydrogen) atoms. The maximum atomic E-state index is 14.2. The highest BCUT2D eigenvalue weighted by Gasteiger charge is 2.34. The molecule has 0 saturated carbocycles. The summed E-state index contributed by atoms with van der Waals surface area (Å²) in [6.07, 6.45) is 0.362. The Balaban J connectivity index is 1.72. The zero-order valence-electron chi connectivity index (χ0n) is 15.2. The number of fused-ring (bicyclic) bond motifs is 1. The van der Waals surface area contributed by atoms with Crippen LogP contribution in [0, 0.1) is 5.82 Å². The minimum atomic E-state index is -4.68. The van der Waals surface area contributed by atoms with E-state index in [2.05, 4.69) is 31.2 Å². The summed E-state index contributed by atoms with van der Waals surface area (Å²) in [6, 6.07) is 15.6. The average molecular weight is 374 g/mol. The Morgan fingerprint density at radius 1 is 0.741 bits per heavy atom. The van der Waals surface area contributed by atoms with Crippen LogP contribution in [0.5, 0.6) is 0 Å². The third-order valence-electron chi connectivity index (χ3n) is 4.87. The van der Waals surface area contributed by atoms with Gasteiger partial charge in [-0.3, -0.25) is 0 Å². The molecule has 0 bridgehead atoms. The second kappa shape index (κ2) is 8.12. The Labute approximate surface area is 156 Å². The van der Waals surface area contributed by atoms with Crippen molar-refractivity contribution in [2.75, 3.05) is 0 Å². The molecule has 142 valence electrons. The second-order valence-corrected chi connectivity index (χ2v) is 6.90. The van der Waals surface area contributed by atoms with Crippen molar-refractivity contribution in [3.63, 3.8) is 0 Å². The third-order valence-corrected chi connectivity index (χ3v) is 4.87. The van der Waals surface area contributed by atoms with Crippen molar-refractivity contribution in [3.8, 4) is 0 Å². The summed E-state index contributed by atoms with van der Waals surface area (Å²) in [5, 5.41) is 0.502. The van der Waals surface area contributed by atoms with E-state index in [4.69, 9.17) is 0 Å². The molecule has 0 aromatic heterocycles. The first-order valence-corrected chi connectivity index (χ1v) is 9.24. The quantitative estimate of drug-likeness (QED) is 0.403. The lowest BCUT2D eigenvalue weighted by atomic mass is 9.98. The van der Waals surface area contributed by atoms with E-state index < -0.39 is 17.6 Å². The number of rotatable bonds is 6. The van der Waals surface area contributed by atoms with Crippen LogP contribution in [0.3, 0.4) is 0 Å². The van der Waals surface area contributed by atoms with Gasteiger partial charge in [0.05, 0.1) is 5.56 Å². The number of alkyl halides is 3. The van der Waals surface area contributed by atoms with Crippen molar-refractivity contribution in [2.45, 2.75) is 45.2 Å². The molecule has 0 nitrogen and oxygen atoms in total. The summed E-state index contributed by atoms with van der Waals surface area (Å²) in [7, 11) is 0. The van der Waals surface area contributed by atoms with Crippen molar-refractivity contribution < 1.29 is 17.6 Å². The number of hydrogen-bond donors (Lipinski definition) is 0. The fraction of sp³-hybridized carbons (Fsp3) is 0.304. The zero-order valence-corrected chi connectivity index (χ0v) is 15.2. The molecule has 0 aliphatic rings. The van der Waals surface area contributed by atoms with Crippen LogP contribution in [0.4, 0.5) is 17.6 Å². The largest absolute Gasteiger partial charge is 0.419 e. The number of aryl methyl sites for hydroxylation is 3. The van der Waals surface area contributed by atoms with Gasteiger partial charge in [0.15, 0.2) is 0 Å². The van der Waals surface area contributed by atoms with E-state index in [-0.39, 0.29) is 5.39 Å². The van der Waals surface area contributed by atoms with Crippen LogP contribution in [0.25, 0.3) is 10.8 Å². The van der Waals surface area contributed by atoms with E-state index in [0.717, 1.165) is 30.9 Å². The van der Waals surface area contributed by atoms with Crippen LogP contribution < -0.4 is 0 Å². The van der Waals surface area contributed by atoms with Gasteiger partial charge in [0.2, 0.25) is 0 Å². The summed E-state index contributed by atoms with van der Waals surface area (Å²) in [4.78, 5) is 0. The summed E-state index contributed by atoms with van der Waals surface area (Å²) >= 11 is 0. The fourth-order valence-electron chi connectivity index (χ4n) is 3.26. The molecule has 3 aromatic rings. The van der Waals surface area contributed by atoms with Crippen molar-refractivity contribution in [2.24, 2.45) is 0 Å². The van der Waals surface area contributed by atoms with E-state index in [0.29, 0.717) is 5.39 Å². The molecule has 0 unspecified atom stereocenters. The molecule has 0 saturated heterocycles. The monoisotopic (exact) mass is 374 g/mol. The molecule has 0 aliphatic carbocycles. The van der Waals surface area contributed by atoms with Crippen molar-refractivity contribution in [1.82, 2.24) is 0 Å². The van der Waals surface area contributed by atoms with E-state index in [1.165, 1.54) is 36.1 Å². The Kier molecular flexibility index (Phi) is 5.83. The topological polar surface area (TPSA) is 0 Å². The lowest BCUT2D eigenvalue weighted by Crippen LogP contribution is -2.08. The summed E-state index contributed by atoms with van der Waals surface area (Å²) in [5.74, 6) is -1.20. The van der Waals surface area contributed by atoms with Crippen LogP contribution in [-0.2, 0) is 25.4 Å². The molecule has 0 aliphatic heterocycles. The first-order valence-electron chi connectivity index (χ1n) is 9.24. The van der Waals surface area contributed by atoms with Crippen LogP contribution in [0.2, 0.25) is 0 Å². The molecule has 0 spiro atoms. The van der Waals surface area contributed by atoms with Crippen LogP contribution in [0.15, 0.2) is 54.6 Å². The molecule has 0 fully saturated rings. The number of benzene rings is 3. The van der Waals surface area contributed by atoms with Crippen molar-refractivity contribution >= 4 is 10.8 Å². The maximum absolute atomic E-state index is 14.2. The van der Waals surface area contributed by atoms with E-state index in [1.807, 2.05) is 0 Å². The molecule has 3 aromatic carbocycles. The smallest absolute Gasteiger partial charge is 0.206 e. The third kappa shape index (κ3) is 4.68. The zero-order chi connectivity index (χ0) is 19.4. The van der Waals surface area contributed by atoms with Gasteiger partial charge in [-0.05, 0) is 53.8 Å². The lowest BCUT2D eigenvalue weighted by molar-refractivity contribution is -0.139. The van der Waals surface area contributed by atoms with Crippen molar-refractivity contribution in [3.05, 3.63) is 82.7 Å². The highest BCUT2D eigenvalue weighted by Crippen LogP contribution is 2.34. The molecule has 3 rings (SSSR count). The fourth-order valence-corrected chi connectivity index (χ4v) is 3.26. The lowest BCUT2D eigenvalue weighted by Gasteiger charge is -2.11. The van der Waals surface area contributed by atoms with Gasteiger partial charge in [0, 0.05) is 5.39 Å². The number of halogens is 4. The van der Waals surface area contributed by atoms with Gasteiger partial charge in [-0.1, -0.05) is 61.9 Å². The highest BCUT2D eigenvalue weighted by molar-refractivity contribution is 5.84. The molecule has 0 amide bonds. The normalized spacial score (nSPS) is 11.9. The summed E-state index contributed by atoms with van der Waals surface area (Å²) in [5.41, 5.74) is 2.32. The molecule has 0 atom stereocenters. The predicted octanol–water partition coefficient (Wildman–Crippen LogP) is 7.13. The average Bonchev–Trinajstić information content (AvgIpc) is 2.64. The van der Waals surface area contributed by atoms with E-state index in [9.17, 15) is 17.6 Å². The predicted molar refractivity (Wildman–Crippen MR) is 101 cm³/mol. The Morgan fingerprint density at radius 3 is 1.96 bits per heavy atom. The van der Waals surface area contributed by atoms with E-state index >= 15 is 0 Å². The van der Waals surface area contributed by atoms with Gasteiger partial charge in [0.1, 0.15) is 5.82 Å². The first kappa shape index (κ1) is 19.4. The van der Waals surface area contributed by atoms with Crippen LogP contribution in [0.1, 0.15) is 42.0 Å². The molecular weight excluding hydrogens is 352 g/mol. The first-order chi connectivity index (χ1) is 12.9. The minimum Gasteiger partial charge on any atom is -0.206 e. The Morgan fingerprint density at radius 2 is 1.33 bits per heavy atom. The Hall–Kier alpha value is -2.36. The number of hydrogen-bond acceptors (Lipinski definition) is 0. The summed E-state index contributed by atoms with van der Waals surface area (Å²) < 4.78 is 52.6. The van der Waals surface area contributed by atoms with Crippen LogP contribution in [-0.4, -0.2) is 0 Å². The standard InChI is InChI=1S/C23H22F4/c1-2-3-4-16-5-7-17(8-6-16)9-10-18-11-13-20-19(15-18)12-14-21(22(20)24)23(25,26)27/h5-8,11-15H,2-4,9-10H2,1H3. The van der Waals surface area contributed by atoms with Crippen LogP contribution >= 0.6 is 0 Å². The number of unbranched alkanes of at least 4 members (excludes halogenated alkanes) is 1. The van der Waals surface area contributed by atoms with Gasteiger partial charge in [-0.2, -0.15) is 13.2 Å². The summed E-state index contributed by atoms with van der Waals surface area (Å²) in [6.45, 7) is 2.17. The van der Waals surface area contributed by atoms with Gasteiger partial charge in [-0.15, -0.1) is 0 Å². The molecular formula is C23H22F4. The second-order valence-electron chi connectivity index (χ2n) is 6.90. The van der Waals surface area contributed by atoms with Gasteiger partial charge in [-0.25, -0.2) is 4.39 Å². The van der Waals surface area contributed by atoms with Gasteiger partial charge < -0.3 is 0 Å². The van der Waals surface area contributed by atoms with Gasteiger partial charge >= 0.3 is 6.18 Å². The van der Waals surface area contributed by atoms with Crippen molar-refractivity contribution in [1.29, 1.82) is 0 Å². The molecule has 0 N–H and O–H groups in total. The molecule has 0 heterocycles. The Bertz CT molecular complexity index is 908.